The third-order valence-electron chi connectivity index (χ3n) is 2.45. The van der Waals surface area contributed by atoms with E-state index in [1.54, 1.807) is 24.3 Å². The quantitative estimate of drug-likeness (QED) is 0.890. The Balaban J connectivity index is 2.15. The van der Waals surface area contributed by atoms with E-state index in [0.717, 1.165) is 12.1 Å². The topological polar surface area (TPSA) is 42.0 Å². The lowest BCUT2D eigenvalue weighted by Crippen LogP contribution is -2.14. The van der Waals surface area contributed by atoms with Gasteiger partial charge in [0.1, 0.15) is 5.82 Å². The molecule has 3 nitrogen and oxygen atoms in total. The van der Waals surface area contributed by atoms with Crippen LogP contribution < -0.4 is 5.32 Å². The van der Waals surface area contributed by atoms with Crippen molar-refractivity contribution >= 4 is 27.7 Å². The van der Waals surface area contributed by atoms with Gasteiger partial charge in [0.25, 0.3) is 5.91 Å². The van der Waals surface area contributed by atoms with Gasteiger partial charge in [0.15, 0.2) is 0 Å². The van der Waals surface area contributed by atoms with Crippen molar-refractivity contribution in [1.82, 2.24) is 4.98 Å². The number of benzene rings is 1. The predicted octanol–water partition coefficient (Wildman–Crippen LogP) is 4.12. The van der Waals surface area contributed by atoms with Crippen LogP contribution in [0.5, 0.6) is 0 Å². The molecule has 0 radical (unpaired) electrons. The highest BCUT2D eigenvalue weighted by Crippen LogP contribution is 2.29. The highest BCUT2D eigenvalue weighted by molar-refractivity contribution is 9.10. The van der Waals surface area contributed by atoms with Crippen LogP contribution in [0, 0.1) is 0 Å². The Labute approximate surface area is 121 Å². The molecule has 0 spiro atoms. The van der Waals surface area contributed by atoms with Crippen molar-refractivity contribution in [1.29, 1.82) is 0 Å². The Morgan fingerprint density at radius 1 is 1.15 bits per heavy atom. The number of carbonyl (C=O) groups excluding carboxylic acids is 1. The summed E-state index contributed by atoms with van der Waals surface area (Å²) >= 11 is 3.22. The van der Waals surface area contributed by atoms with E-state index in [-0.39, 0.29) is 5.82 Å². The van der Waals surface area contributed by atoms with E-state index in [1.165, 1.54) is 0 Å². The lowest BCUT2D eigenvalue weighted by molar-refractivity contribution is -0.137. The fourth-order valence-electron chi connectivity index (χ4n) is 1.46. The van der Waals surface area contributed by atoms with Crippen LogP contribution in [0.2, 0.25) is 0 Å². The van der Waals surface area contributed by atoms with E-state index in [9.17, 15) is 18.0 Å². The fourth-order valence-corrected chi connectivity index (χ4v) is 1.93. The van der Waals surface area contributed by atoms with Crippen LogP contribution in [-0.2, 0) is 6.18 Å². The van der Waals surface area contributed by atoms with Gasteiger partial charge in [-0.25, -0.2) is 4.98 Å². The fraction of sp³-hybridized carbons (Fsp3) is 0.0769. The van der Waals surface area contributed by atoms with E-state index in [4.69, 9.17) is 0 Å². The molecule has 20 heavy (non-hydrogen) atoms. The number of nitrogens with one attached hydrogen (secondary N) is 1. The summed E-state index contributed by atoms with van der Waals surface area (Å²) in [6.07, 6.45) is -3.77. The lowest BCUT2D eigenvalue weighted by atomic mass is 10.2. The van der Waals surface area contributed by atoms with Crippen molar-refractivity contribution < 1.29 is 18.0 Å². The van der Waals surface area contributed by atoms with Crippen molar-refractivity contribution in [2.45, 2.75) is 6.18 Å². The molecule has 0 unspecified atom stereocenters. The number of halogens is 4. The minimum atomic E-state index is -4.45. The maximum atomic E-state index is 12.4. The molecule has 1 amide bonds. The van der Waals surface area contributed by atoms with Crippen molar-refractivity contribution in [3.05, 3.63) is 58.2 Å². The normalized spacial score (nSPS) is 11.2. The van der Waals surface area contributed by atoms with E-state index in [1.807, 2.05) is 0 Å². The first-order valence-corrected chi connectivity index (χ1v) is 6.26. The van der Waals surface area contributed by atoms with Crippen molar-refractivity contribution in [3.8, 4) is 0 Å². The molecule has 2 rings (SSSR count). The summed E-state index contributed by atoms with van der Waals surface area (Å²) in [4.78, 5) is 15.5. The number of pyridine rings is 1. The van der Waals surface area contributed by atoms with E-state index < -0.39 is 17.6 Å². The lowest BCUT2D eigenvalue weighted by Gasteiger charge is -2.08. The molecule has 0 atom stereocenters. The van der Waals surface area contributed by atoms with Gasteiger partial charge in [-0.05, 0) is 40.2 Å². The number of rotatable bonds is 2. The zero-order valence-corrected chi connectivity index (χ0v) is 11.5. The van der Waals surface area contributed by atoms with E-state index >= 15 is 0 Å². The molecule has 1 aromatic carbocycles. The number of hydrogen-bond acceptors (Lipinski definition) is 2. The Bertz CT molecular complexity index is 626. The minimum Gasteiger partial charge on any atom is -0.307 e. The first-order chi connectivity index (χ1) is 9.38. The molecule has 1 aromatic heterocycles. The molecular weight excluding hydrogens is 337 g/mol. The number of anilines is 1. The monoisotopic (exact) mass is 344 g/mol. The summed E-state index contributed by atoms with van der Waals surface area (Å²) in [7, 11) is 0. The largest absolute Gasteiger partial charge is 0.417 e. The maximum absolute atomic E-state index is 12.4. The molecule has 1 N–H and O–H groups in total. The Morgan fingerprint density at radius 2 is 1.85 bits per heavy atom. The highest BCUT2D eigenvalue weighted by atomic mass is 79.9. The van der Waals surface area contributed by atoms with Crippen LogP contribution in [0.25, 0.3) is 0 Å². The second-order valence-electron chi connectivity index (χ2n) is 3.86. The molecule has 0 aliphatic rings. The summed E-state index contributed by atoms with van der Waals surface area (Å²) in [5.74, 6) is -0.400. The summed E-state index contributed by atoms with van der Waals surface area (Å²) in [5, 5.41) is 2.43. The van der Waals surface area contributed by atoms with Gasteiger partial charge in [0, 0.05) is 10.7 Å². The second-order valence-corrected chi connectivity index (χ2v) is 4.72. The first-order valence-electron chi connectivity index (χ1n) is 5.47. The molecule has 0 aliphatic heterocycles. The zero-order valence-electron chi connectivity index (χ0n) is 9.91. The van der Waals surface area contributed by atoms with Gasteiger partial charge in [0.05, 0.1) is 11.1 Å². The van der Waals surface area contributed by atoms with Crippen molar-refractivity contribution in [2.75, 3.05) is 5.32 Å². The molecule has 104 valence electrons. The third kappa shape index (κ3) is 3.36. The standard InChI is InChI=1S/C13H8BrF3N2O/c14-10-4-2-1-3-9(10)12(20)19-11-6-5-8(7-18-11)13(15,16)17/h1-7H,(H,18,19,20). The van der Waals surface area contributed by atoms with Crippen LogP contribution in [0.3, 0.4) is 0 Å². The van der Waals surface area contributed by atoms with Crippen LogP contribution >= 0.6 is 15.9 Å². The summed E-state index contributed by atoms with van der Waals surface area (Å²) in [6.45, 7) is 0. The molecule has 1 heterocycles. The number of amides is 1. The smallest absolute Gasteiger partial charge is 0.307 e. The van der Waals surface area contributed by atoms with E-state index in [2.05, 4.69) is 26.2 Å². The zero-order chi connectivity index (χ0) is 14.8. The third-order valence-corrected chi connectivity index (χ3v) is 3.14. The Hall–Kier alpha value is -1.89. The van der Waals surface area contributed by atoms with Gasteiger partial charge in [0.2, 0.25) is 0 Å². The number of hydrogen-bond donors (Lipinski definition) is 1. The molecule has 0 saturated heterocycles. The molecular formula is C13H8BrF3N2O. The highest BCUT2D eigenvalue weighted by Gasteiger charge is 2.30. The summed E-state index contributed by atoms with van der Waals surface area (Å²) in [6, 6.07) is 8.68. The minimum absolute atomic E-state index is 0.0544. The van der Waals surface area contributed by atoms with E-state index in [0.29, 0.717) is 16.2 Å². The van der Waals surface area contributed by atoms with Gasteiger partial charge in [-0.2, -0.15) is 13.2 Å². The maximum Gasteiger partial charge on any atom is 0.417 e. The summed E-state index contributed by atoms with van der Waals surface area (Å²) in [5.41, 5.74) is -0.495. The number of alkyl halides is 3. The molecule has 0 saturated carbocycles. The van der Waals surface area contributed by atoms with Crippen LogP contribution in [-0.4, -0.2) is 10.9 Å². The first kappa shape index (κ1) is 14.5. The average molecular weight is 345 g/mol. The average Bonchev–Trinajstić information content (AvgIpc) is 2.38. The van der Waals surface area contributed by atoms with Gasteiger partial charge >= 0.3 is 6.18 Å². The molecule has 2 aromatic rings. The predicted molar refractivity (Wildman–Crippen MR) is 71.3 cm³/mol. The van der Waals surface area contributed by atoms with Gasteiger partial charge in [-0.15, -0.1) is 0 Å². The molecule has 0 aliphatic carbocycles. The van der Waals surface area contributed by atoms with Crippen molar-refractivity contribution in [2.24, 2.45) is 0 Å². The Morgan fingerprint density at radius 3 is 2.40 bits per heavy atom. The Kier molecular flexibility index (Phi) is 4.08. The van der Waals surface area contributed by atoms with Crippen LogP contribution in [0.1, 0.15) is 15.9 Å². The second kappa shape index (κ2) is 5.62. The van der Waals surface area contributed by atoms with Gasteiger partial charge in [-0.3, -0.25) is 4.79 Å². The molecule has 7 heteroatoms. The molecule has 0 fully saturated rings. The number of carbonyl (C=O) groups is 1. The summed E-state index contributed by atoms with van der Waals surface area (Å²) < 4.78 is 37.7. The van der Waals surface area contributed by atoms with Crippen molar-refractivity contribution in [3.63, 3.8) is 0 Å². The SMILES string of the molecule is O=C(Nc1ccc(C(F)(F)F)cn1)c1ccccc1Br. The van der Waals surface area contributed by atoms with Crippen LogP contribution in [0.4, 0.5) is 19.0 Å². The van der Waals surface area contributed by atoms with Gasteiger partial charge < -0.3 is 5.32 Å². The number of aromatic nitrogens is 1. The van der Waals surface area contributed by atoms with Crippen LogP contribution in [0.15, 0.2) is 47.1 Å². The number of nitrogens with zero attached hydrogens (tertiary/aromatic N) is 1. The van der Waals surface area contributed by atoms with Gasteiger partial charge in [-0.1, -0.05) is 12.1 Å². The molecule has 0 bridgehead atoms.